The molecule has 2 N–H and O–H groups in total. The van der Waals surface area contributed by atoms with E-state index in [0.717, 1.165) is 28.7 Å². The summed E-state index contributed by atoms with van der Waals surface area (Å²) in [7, 11) is 0. The quantitative estimate of drug-likeness (QED) is 0.554. The molecule has 0 radical (unpaired) electrons. The van der Waals surface area contributed by atoms with Crippen LogP contribution in [0.4, 0.5) is 0 Å². The van der Waals surface area contributed by atoms with Crippen molar-refractivity contribution >= 4 is 17.6 Å². The molecule has 3 aromatic rings. The van der Waals surface area contributed by atoms with Crippen LogP contribution in [0, 0.1) is 5.92 Å². The van der Waals surface area contributed by atoms with Gasteiger partial charge >= 0.3 is 0 Å². The number of benzene rings is 2. The number of aromatic nitrogens is 2. The second kappa shape index (κ2) is 9.15. The highest BCUT2D eigenvalue weighted by Gasteiger charge is 2.25. The number of amidine groups is 1. The van der Waals surface area contributed by atoms with Gasteiger partial charge in [0.1, 0.15) is 5.03 Å². The minimum Gasteiger partial charge on any atom is -0.266 e. The Labute approximate surface area is 175 Å². The maximum Gasteiger partial charge on any atom is 0.177 e. The van der Waals surface area contributed by atoms with Crippen LogP contribution in [0.1, 0.15) is 30.5 Å². The number of rotatable bonds is 8. The van der Waals surface area contributed by atoms with Crippen LogP contribution in [0.3, 0.4) is 0 Å². The summed E-state index contributed by atoms with van der Waals surface area (Å²) in [4.78, 5) is 0. The van der Waals surface area contributed by atoms with Crippen LogP contribution in [0.2, 0.25) is 0 Å². The number of nitrogens with zero attached hydrogens (tertiary/aromatic N) is 4. The van der Waals surface area contributed by atoms with Crippen molar-refractivity contribution in [2.45, 2.75) is 37.7 Å². The van der Waals surface area contributed by atoms with Gasteiger partial charge in [-0.3, -0.25) is 9.69 Å². The monoisotopic (exact) mass is 406 g/mol. The molecule has 1 aliphatic heterocycles. The van der Waals surface area contributed by atoms with Gasteiger partial charge in [0.25, 0.3) is 0 Å². The molecule has 0 saturated carbocycles. The second-order valence-electron chi connectivity index (χ2n) is 7.44. The lowest BCUT2D eigenvalue weighted by atomic mass is 10.2. The largest absolute Gasteiger partial charge is 0.266 e. The van der Waals surface area contributed by atoms with Crippen molar-refractivity contribution in [1.82, 2.24) is 25.9 Å². The normalized spacial score (nSPS) is 13.6. The molecule has 2 aromatic carbocycles. The van der Waals surface area contributed by atoms with Crippen LogP contribution < -0.4 is 11.1 Å². The van der Waals surface area contributed by atoms with Gasteiger partial charge in [0.15, 0.2) is 5.84 Å². The average Bonchev–Trinajstić information content (AvgIpc) is 3.34. The molecule has 6 nitrogen and oxygen atoms in total. The smallest absolute Gasteiger partial charge is 0.177 e. The number of nitrogens with one attached hydrogen (secondary N) is 2. The van der Waals surface area contributed by atoms with E-state index in [9.17, 15) is 0 Å². The standard InChI is InChI=1S/C22H26N6S/c1-17(2)14-28-22(29-16-19-11-7-4-8-12-19)20(13-23-28)21-24-25-26-27(21)15-18-9-5-3-6-10-18/h3-13,17,25-26H,14-16H2,1-2H3. The molecular formula is C22H26N6S. The minimum absolute atomic E-state index is 0.515. The summed E-state index contributed by atoms with van der Waals surface area (Å²) in [5, 5.41) is 12.4. The van der Waals surface area contributed by atoms with Gasteiger partial charge in [-0.2, -0.15) is 5.10 Å². The van der Waals surface area contributed by atoms with E-state index in [2.05, 4.69) is 94.4 Å². The topological polar surface area (TPSA) is 57.5 Å². The second-order valence-corrected chi connectivity index (χ2v) is 8.41. The van der Waals surface area contributed by atoms with E-state index in [1.54, 1.807) is 0 Å². The molecule has 4 rings (SSSR count). The van der Waals surface area contributed by atoms with Gasteiger partial charge in [-0.25, -0.2) is 5.53 Å². The predicted octanol–water partition coefficient (Wildman–Crippen LogP) is 4.02. The number of hydrazone groups is 1. The Bertz CT molecular complexity index is 952. The number of hydrogen-bond donors (Lipinski definition) is 2. The average molecular weight is 407 g/mol. The van der Waals surface area contributed by atoms with Crippen molar-refractivity contribution in [1.29, 1.82) is 0 Å². The third-order valence-electron chi connectivity index (χ3n) is 4.57. The molecule has 0 atom stereocenters. The number of hydrazine groups is 2. The molecule has 1 aliphatic rings. The van der Waals surface area contributed by atoms with Gasteiger partial charge in [0.2, 0.25) is 0 Å². The number of hydrogen-bond acceptors (Lipinski definition) is 6. The summed E-state index contributed by atoms with van der Waals surface area (Å²) in [6.07, 6.45) is 1.93. The lowest BCUT2D eigenvalue weighted by Gasteiger charge is -2.19. The molecule has 7 heteroatoms. The van der Waals surface area contributed by atoms with Crippen molar-refractivity contribution in [2.24, 2.45) is 11.0 Å². The molecule has 1 aromatic heterocycles. The Kier molecular flexibility index (Phi) is 6.17. The van der Waals surface area contributed by atoms with Crippen LogP contribution >= 0.6 is 11.8 Å². The molecule has 2 heterocycles. The summed E-state index contributed by atoms with van der Waals surface area (Å²) >= 11 is 1.81. The molecule has 29 heavy (non-hydrogen) atoms. The Morgan fingerprint density at radius 1 is 0.966 bits per heavy atom. The molecule has 150 valence electrons. The van der Waals surface area contributed by atoms with Crippen molar-refractivity contribution in [3.8, 4) is 0 Å². The third-order valence-corrected chi connectivity index (χ3v) is 5.76. The molecule has 0 bridgehead atoms. The van der Waals surface area contributed by atoms with Crippen molar-refractivity contribution < 1.29 is 0 Å². The minimum atomic E-state index is 0.515. The first kappa shape index (κ1) is 19.5. The van der Waals surface area contributed by atoms with Gasteiger partial charge in [-0.1, -0.05) is 74.5 Å². The van der Waals surface area contributed by atoms with Gasteiger partial charge in [0, 0.05) is 12.3 Å². The van der Waals surface area contributed by atoms with Crippen LogP contribution in [0.5, 0.6) is 0 Å². The Balaban J connectivity index is 1.59. The highest BCUT2D eigenvalue weighted by Crippen LogP contribution is 2.29. The van der Waals surface area contributed by atoms with E-state index in [4.69, 9.17) is 0 Å². The van der Waals surface area contributed by atoms with E-state index in [0.29, 0.717) is 12.5 Å². The molecule has 0 unspecified atom stereocenters. The highest BCUT2D eigenvalue weighted by molar-refractivity contribution is 7.98. The van der Waals surface area contributed by atoms with E-state index in [1.165, 1.54) is 11.1 Å². The van der Waals surface area contributed by atoms with Crippen LogP contribution in [-0.2, 0) is 18.8 Å². The Hall–Kier alpha value is -2.77. The molecule has 0 fully saturated rings. The van der Waals surface area contributed by atoms with E-state index >= 15 is 0 Å². The summed E-state index contributed by atoms with van der Waals surface area (Å²) in [5.41, 5.74) is 9.60. The molecule has 0 spiro atoms. The molecule has 0 saturated heterocycles. The maximum atomic E-state index is 4.69. The van der Waals surface area contributed by atoms with E-state index in [1.807, 2.05) is 29.0 Å². The zero-order valence-electron chi connectivity index (χ0n) is 16.7. The maximum absolute atomic E-state index is 4.69. The zero-order chi connectivity index (χ0) is 20.1. The van der Waals surface area contributed by atoms with Crippen LogP contribution in [0.25, 0.3) is 0 Å². The first-order chi connectivity index (χ1) is 14.2. The van der Waals surface area contributed by atoms with Gasteiger partial charge in [0.05, 0.1) is 18.3 Å². The lowest BCUT2D eigenvalue weighted by molar-refractivity contribution is 0.287. The first-order valence-corrected chi connectivity index (χ1v) is 10.8. The fourth-order valence-electron chi connectivity index (χ4n) is 3.22. The van der Waals surface area contributed by atoms with E-state index in [-0.39, 0.29) is 0 Å². The lowest BCUT2D eigenvalue weighted by Crippen LogP contribution is -2.40. The Morgan fingerprint density at radius 3 is 2.34 bits per heavy atom. The first-order valence-electron chi connectivity index (χ1n) is 9.83. The zero-order valence-corrected chi connectivity index (χ0v) is 17.6. The van der Waals surface area contributed by atoms with Crippen molar-refractivity contribution in [3.05, 3.63) is 83.6 Å². The van der Waals surface area contributed by atoms with Gasteiger partial charge in [-0.05, 0) is 17.0 Å². The van der Waals surface area contributed by atoms with Gasteiger partial charge in [-0.15, -0.1) is 22.4 Å². The van der Waals surface area contributed by atoms with Crippen LogP contribution in [0.15, 0.2) is 77.0 Å². The summed E-state index contributed by atoms with van der Waals surface area (Å²) in [5.74, 6) is 2.27. The summed E-state index contributed by atoms with van der Waals surface area (Å²) in [6, 6.07) is 20.9. The fourth-order valence-corrected chi connectivity index (χ4v) is 4.29. The van der Waals surface area contributed by atoms with Crippen molar-refractivity contribution in [3.63, 3.8) is 0 Å². The fraction of sp³-hybridized carbons (Fsp3) is 0.273. The molecule has 0 aliphatic carbocycles. The summed E-state index contributed by atoms with van der Waals surface area (Å²) in [6.45, 7) is 6.02. The SMILES string of the molecule is CC(C)Cn1ncc(C2=NNNN2Cc2ccccc2)c1SCc1ccccc1. The summed E-state index contributed by atoms with van der Waals surface area (Å²) < 4.78 is 2.11. The van der Waals surface area contributed by atoms with E-state index < -0.39 is 0 Å². The Morgan fingerprint density at radius 2 is 1.66 bits per heavy atom. The molecular weight excluding hydrogens is 380 g/mol. The highest BCUT2D eigenvalue weighted by atomic mass is 32.2. The van der Waals surface area contributed by atoms with Crippen molar-refractivity contribution in [2.75, 3.05) is 0 Å². The predicted molar refractivity (Wildman–Crippen MR) is 118 cm³/mol. The molecule has 0 amide bonds. The van der Waals surface area contributed by atoms with Gasteiger partial charge < -0.3 is 0 Å². The third kappa shape index (κ3) is 4.81. The number of thioether (sulfide) groups is 1. The van der Waals surface area contributed by atoms with Crippen LogP contribution in [-0.4, -0.2) is 20.6 Å².